The second-order valence-electron chi connectivity index (χ2n) is 8.49. The van der Waals surface area contributed by atoms with Crippen LogP contribution in [0.15, 0.2) is 36.8 Å². The standard InChI is InChI=1S/C25H26N6O3S2/c1-31(2)24-28-13-18(35-24)14-29-25(33)34-15-17-5-7-19-20(11-26)23(36-21(19)10-17)30-22(32)8-6-16-4-3-9-27-12-16/h3-4,6,8-9,12-13,17H,5,7,10,14-15H2,1-2H3,(H,29,33)(H,30,32)/b8-6+. The number of carbonyl (C=O) groups is 2. The molecule has 1 unspecified atom stereocenters. The molecule has 0 bridgehead atoms. The summed E-state index contributed by atoms with van der Waals surface area (Å²) in [7, 11) is 3.84. The maximum Gasteiger partial charge on any atom is 0.407 e. The Bertz CT molecular complexity index is 1290. The number of carbonyl (C=O) groups excluding carboxylic acids is 2. The van der Waals surface area contributed by atoms with Gasteiger partial charge < -0.3 is 20.3 Å². The minimum atomic E-state index is -0.460. The first kappa shape index (κ1) is 25.3. The lowest BCUT2D eigenvalue weighted by molar-refractivity contribution is -0.111. The van der Waals surface area contributed by atoms with Crippen LogP contribution in [-0.4, -0.2) is 42.7 Å². The molecule has 0 aromatic carbocycles. The Morgan fingerprint density at radius 1 is 1.33 bits per heavy atom. The van der Waals surface area contributed by atoms with Gasteiger partial charge in [0.05, 0.1) is 18.7 Å². The maximum atomic E-state index is 12.4. The Morgan fingerprint density at radius 3 is 2.92 bits per heavy atom. The quantitative estimate of drug-likeness (QED) is 0.425. The Labute approximate surface area is 217 Å². The van der Waals surface area contributed by atoms with Gasteiger partial charge in [-0.3, -0.25) is 9.78 Å². The van der Waals surface area contributed by atoms with Crippen molar-refractivity contribution in [3.8, 4) is 6.07 Å². The van der Waals surface area contributed by atoms with E-state index in [0.717, 1.165) is 32.4 Å². The summed E-state index contributed by atoms with van der Waals surface area (Å²) in [4.78, 5) is 36.8. The van der Waals surface area contributed by atoms with Crippen LogP contribution in [0.25, 0.3) is 6.08 Å². The van der Waals surface area contributed by atoms with Crippen LogP contribution in [0, 0.1) is 17.2 Å². The van der Waals surface area contributed by atoms with Gasteiger partial charge in [0.25, 0.3) is 0 Å². The minimum absolute atomic E-state index is 0.159. The molecule has 0 spiro atoms. The third-order valence-electron chi connectivity index (χ3n) is 5.61. The van der Waals surface area contributed by atoms with Crippen LogP contribution in [0.2, 0.25) is 0 Å². The number of hydrogen-bond donors (Lipinski definition) is 2. The predicted octanol–water partition coefficient (Wildman–Crippen LogP) is 4.22. The van der Waals surface area contributed by atoms with Crippen LogP contribution >= 0.6 is 22.7 Å². The van der Waals surface area contributed by atoms with Crippen molar-refractivity contribution in [2.75, 3.05) is 30.9 Å². The topological polar surface area (TPSA) is 120 Å². The van der Waals surface area contributed by atoms with Gasteiger partial charge >= 0.3 is 6.09 Å². The fraction of sp³-hybridized carbons (Fsp3) is 0.320. The van der Waals surface area contributed by atoms with E-state index in [1.807, 2.05) is 25.1 Å². The van der Waals surface area contributed by atoms with Crippen LogP contribution in [-0.2, 0) is 28.9 Å². The summed E-state index contributed by atoms with van der Waals surface area (Å²) in [6.45, 7) is 0.667. The summed E-state index contributed by atoms with van der Waals surface area (Å²) in [5.74, 6) is -0.143. The molecule has 36 heavy (non-hydrogen) atoms. The third kappa shape index (κ3) is 6.47. The molecule has 0 saturated heterocycles. The zero-order valence-electron chi connectivity index (χ0n) is 20.0. The highest BCUT2D eigenvalue weighted by molar-refractivity contribution is 7.16. The van der Waals surface area contributed by atoms with Crippen LogP contribution in [0.5, 0.6) is 0 Å². The molecule has 0 aliphatic heterocycles. The van der Waals surface area contributed by atoms with E-state index in [0.29, 0.717) is 36.6 Å². The molecule has 11 heteroatoms. The summed E-state index contributed by atoms with van der Waals surface area (Å²) in [6, 6.07) is 5.90. The molecule has 9 nitrogen and oxygen atoms in total. The van der Waals surface area contributed by atoms with E-state index in [4.69, 9.17) is 4.74 Å². The van der Waals surface area contributed by atoms with Crippen LogP contribution in [0.3, 0.4) is 0 Å². The molecule has 3 aromatic heterocycles. The van der Waals surface area contributed by atoms with Gasteiger partial charge in [-0.15, -0.1) is 22.7 Å². The molecule has 1 atom stereocenters. The highest BCUT2D eigenvalue weighted by atomic mass is 32.1. The molecule has 0 fully saturated rings. The summed E-state index contributed by atoms with van der Waals surface area (Å²) < 4.78 is 5.45. The molecular formula is C25H26N6O3S2. The third-order valence-corrected chi connectivity index (χ3v) is 7.94. The van der Waals surface area contributed by atoms with Crippen molar-refractivity contribution in [2.45, 2.75) is 25.8 Å². The van der Waals surface area contributed by atoms with E-state index in [-0.39, 0.29) is 11.8 Å². The average Bonchev–Trinajstić information content (AvgIpc) is 3.49. The summed E-state index contributed by atoms with van der Waals surface area (Å²) >= 11 is 2.94. The van der Waals surface area contributed by atoms with Crippen LogP contribution in [0.1, 0.15) is 32.9 Å². The first-order valence-corrected chi connectivity index (χ1v) is 13.0. The van der Waals surface area contributed by atoms with Gasteiger partial charge in [0.15, 0.2) is 5.13 Å². The normalized spacial score (nSPS) is 14.6. The maximum absolute atomic E-state index is 12.4. The monoisotopic (exact) mass is 522 g/mol. The first-order chi connectivity index (χ1) is 17.4. The van der Waals surface area contributed by atoms with Gasteiger partial charge in [0.2, 0.25) is 5.91 Å². The van der Waals surface area contributed by atoms with E-state index in [1.54, 1.807) is 30.7 Å². The van der Waals surface area contributed by atoms with Gasteiger partial charge in [-0.25, -0.2) is 9.78 Å². The number of nitrogens with zero attached hydrogens (tertiary/aromatic N) is 4. The van der Waals surface area contributed by atoms with Crippen molar-refractivity contribution < 1.29 is 14.3 Å². The number of anilines is 2. The van der Waals surface area contributed by atoms with Gasteiger partial charge in [0.1, 0.15) is 11.1 Å². The Balaban J connectivity index is 1.29. The van der Waals surface area contributed by atoms with Gasteiger partial charge in [0, 0.05) is 48.5 Å². The van der Waals surface area contributed by atoms with E-state index in [1.165, 1.54) is 28.7 Å². The number of alkyl carbamates (subject to hydrolysis) is 1. The highest BCUT2D eigenvalue weighted by Gasteiger charge is 2.27. The van der Waals surface area contributed by atoms with Crippen molar-refractivity contribution in [3.05, 3.63) is 63.2 Å². The number of pyridine rings is 1. The van der Waals surface area contributed by atoms with Crippen LogP contribution in [0.4, 0.5) is 14.9 Å². The van der Waals surface area contributed by atoms with Gasteiger partial charge in [-0.1, -0.05) is 6.07 Å². The molecule has 3 aromatic rings. The molecule has 1 aliphatic rings. The zero-order valence-corrected chi connectivity index (χ0v) is 21.6. The number of aromatic nitrogens is 2. The van der Waals surface area contributed by atoms with Crippen molar-refractivity contribution in [1.29, 1.82) is 5.26 Å². The van der Waals surface area contributed by atoms with Crippen LogP contribution < -0.4 is 15.5 Å². The number of hydrogen-bond acceptors (Lipinski definition) is 9. The molecule has 4 rings (SSSR count). The molecular weight excluding hydrogens is 496 g/mol. The number of ether oxygens (including phenoxy) is 1. The van der Waals surface area contributed by atoms with E-state index in [2.05, 4.69) is 26.7 Å². The lowest BCUT2D eigenvalue weighted by atomic mass is 9.88. The number of thiazole rings is 1. The highest BCUT2D eigenvalue weighted by Crippen LogP contribution is 2.39. The molecule has 186 valence electrons. The summed E-state index contributed by atoms with van der Waals surface area (Å²) in [5.41, 5.74) is 2.32. The number of rotatable bonds is 8. The SMILES string of the molecule is CN(C)c1ncc(CNC(=O)OCC2CCc3c(sc(NC(=O)/C=C/c4cccnc4)c3C#N)C2)s1. The largest absolute Gasteiger partial charge is 0.449 e. The number of thiophene rings is 1. The smallest absolute Gasteiger partial charge is 0.407 e. The van der Waals surface area contributed by atoms with Crippen molar-refractivity contribution >= 4 is 50.9 Å². The fourth-order valence-corrected chi connectivity index (χ4v) is 5.88. The fourth-order valence-electron chi connectivity index (χ4n) is 3.79. The number of amides is 2. The molecule has 2 N–H and O–H groups in total. The Morgan fingerprint density at radius 2 is 2.19 bits per heavy atom. The summed E-state index contributed by atoms with van der Waals surface area (Å²) in [6.07, 6.45) is 9.94. The van der Waals surface area contributed by atoms with Crippen molar-refractivity contribution in [1.82, 2.24) is 15.3 Å². The zero-order chi connectivity index (χ0) is 25.5. The van der Waals surface area contributed by atoms with Gasteiger partial charge in [-0.05, 0) is 48.4 Å². The molecule has 0 radical (unpaired) electrons. The lowest BCUT2D eigenvalue weighted by Crippen LogP contribution is -2.27. The van der Waals surface area contributed by atoms with Crippen molar-refractivity contribution in [3.63, 3.8) is 0 Å². The lowest BCUT2D eigenvalue weighted by Gasteiger charge is -2.21. The Hall–Kier alpha value is -3.75. The molecule has 2 amide bonds. The molecule has 1 aliphatic carbocycles. The number of nitriles is 1. The second kappa shape index (κ2) is 11.8. The summed E-state index contributed by atoms with van der Waals surface area (Å²) in [5, 5.41) is 16.8. The number of nitrogens with one attached hydrogen (secondary N) is 2. The van der Waals surface area contributed by atoms with E-state index >= 15 is 0 Å². The second-order valence-corrected chi connectivity index (χ2v) is 10.7. The van der Waals surface area contributed by atoms with E-state index in [9.17, 15) is 14.9 Å². The molecule has 3 heterocycles. The van der Waals surface area contributed by atoms with Crippen molar-refractivity contribution in [2.24, 2.45) is 5.92 Å². The minimum Gasteiger partial charge on any atom is -0.449 e. The van der Waals surface area contributed by atoms with Gasteiger partial charge in [-0.2, -0.15) is 5.26 Å². The Kier molecular flexibility index (Phi) is 8.30. The van der Waals surface area contributed by atoms with E-state index < -0.39 is 6.09 Å². The number of fused-ring (bicyclic) bond motifs is 1. The average molecular weight is 523 g/mol. The molecule has 0 saturated carbocycles. The first-order valence-electron chi connectivity index (χ1n) is 11.4. The predicted molar refractivity (Wildman–Crippen MR) is 141 cm³/mol.